The minimum atomic E-state index is -3.17. The van der Waals surface area contributed by atoms with Crippen LogP contribution in [-0.2, 0) is 34.1 Å². The molecule has 2 heterocycles. The van der Waals surface area contributed by atoms with Crippen LogP contribution in [-0.4, -0.2) is 49.2 Å². The van der Waals surface area contributed by atoms with Crippen LogP contribution in [0.5, 0.6) is 0 Å². The maximum atomic E-state index is 12.7. The molecule has 6 nitrogen and oxygen atoms in total. The second kappa shape index (κ2) is 8.48. The standard InChI is InChI=1S/C22H30N2O4S/c1-28-22(25)17-10-11-21-19(16-17)18-8-3-4-9-20(18)24(21)14-7-15-29(26,27)23-12-5-2-6-13-23/h10-11,16H,2-9,12-15H2,1H3. The number of aromatic nitrogens is 1. The molecule has 7 heteroatoms. The van der Waals surface area contributed by atoms with Crippen molar-refractivity contribution in [2.45, 2.75) is 57.9 Å². The van der Waals surface area contributed by atoms with E-state index in [1.165, 1.54) is 18.4 Å². The quantitative estimate of drug-likeness (QED) is 0.673. The molecule has 0 N–H and O–H groups in total. The molecule has 0 amide bonds. The fourth-order valence-electron chi connectivity index (χ4n) is 4.81. The first-order valence-corrected chi connectivity index (χ1v) is 12.3. The molecule has 0 saturated carbocycles. The number of hydrogen-bond acceptors (Lipinski definition) is 4. The molecule has 1 aromatic heterocycles. The first-order chi connectivity index (χ1) is 14.0. The Bertz CT molecular complexity index is 1000. The number of carbonyl (C=O) groups excluding carboxylic acids is 1. The second-order valence-electron chi connectivity index (χ2n) is 8.14. The van der Waals surface area contributed by atoms with E-state index in [-0.39, 0.29) is 11.7 Å². The van der Waals surface area contributed by atoms with E-state index in [2.05, 4.69) is 4.57 Å². The maximum absolute atomic E-state index is 12.7. The zero-order valence-electron chi connectivity index (χ0n) is 17.2. The summed E-state index contributed by atoms with van der Waals surface area (Å²) >= 11 is 0. The molecule has 0 bridgehead atoms. The Morgan fingerprint density at radius 3 is 2.59 bits per heavy atom. The average Bonchev–Trinajstić information content (AvgIpc) is 3.07. The van der Waals surface area contributed by atoms with Gasteiger partial charge in [-0.05, 0) is 68.7 Å². The van der Waals surface area contributed by atoms with Crippen molar-refractivity contribution in [2.24, 2.45) is 0 Å². The Hall–Kier alpha value is -1.86. The van der Waals surface area contributed by atoms with Crippen molar-refractivity contribution in [2.75, 3.05) is 26.0 Å². The SMILES string of the molecule is COC(=O)c1ccc2c(c1)c1c(n2CCCS(=O)(=O)N2CCCCC2)CCCC1. The number of aryl methyl sites for hydroxylation is 2. The molecule has 0 radical (unpaired) electrons. The van der Waals surface area contributed by atoms with Crippen molar-refractivity contribution >= 4 is 26.9 Å². The molecule has 0 atom stereocenters. The molecule has 29 heavy (non-hydrogen) atoms. The smallest absolute Gasteiger partial charge is 0.337 e. The molecule has 1 aliphatic carbocycles. The van der Waals surface area contributed by atoms with Crippen LogP contribution in [0.25, 0.3) is 10.9 Å². The van der Waals surface area contributed by atoms with E-state index in [1.807, 2.05) is 12.1 Å². The minimum Gasteiger partial charge on any atom is -0.465 e. The van der Waals surface area contributed by atoms with Crippen molar-refractivity contribution < 1.29 is 17.9 Å². The van der Waals surface area contributed by atoms with Crippen LogP contribution in [0.4, 0.5) is 0 Å². The number of sulfonamides is 1. The number of rotatable bonds is 6. The van der Waals surface area contributed by atoms with Crippen LogP contribution in [0.2, 0.25) is 0 Å². The molecule has 2 aliphatic rings. The molecule has 1 aromatic carbocycles. The fraction of sp³-hybridized carbons (Fsp3) is 0.591. The first kappa shape index (κ1) is 20.4. The van der Waals surface area contributed by atoms with Gasteiger partial charge in [0.15, 0.2) is 0 Å². The van der Waals surface area contributed by atoms with Crippen molar-refractivity contribution in [3.05, 3.63) is 35.0 Å². The van der Waals surface area contributed by atoms with E-state index in [0.29, 0.717) is 31.6 Å². The van der Waals surface area contributed by atoms with E-state index in [0.717, 1.165) is 55.8 Å². The summed E-state index contributed by atoms with van der Waals surface area (Å²) in [5.74, 6) is -0.126. The summed E-state index contributed by atoms with van der Waals surface area (Å²) in [6, 6.07) is 5.73. The van der Waals surface area contributed by atoms with Gasteiger partial charge in [0, 0.05) is 36.2 Å². The lowest BCUT2D eigenvalue weighted by Gasteiger charge is -2.26. The van der Waals surface area contributed by atoms with Gasteiger partial charge in [-0.15, -0.1) is 0 Å². The molecular weight excluding hydrogens is 388 g/mol. The third kappa shape index (κ3) is 4.08. The van der Waals surface area contributed by atoms with Crippen molar-refractivity contribution in [3.8, 4) is 0 Å². The Balaban J connectivity index is 1.57. The highest BCUT2D eigenvalue weighted by atomic mass is 32.2. The van der Waals surface area contributed by atoms with Gasteiger partial charge >= 0.3 is 5.97 Å². The van der Waals surface area contributed by atoms with Crippen molar-refractivity contribution in [3.63, 3.8) is 0 Å². The number of hydrogen-bond donors (Lipinski definition) is 0. The van der Waals surface area contributed by atoms with E-state index < -0.39 is 10.0 Å². The fourth-order valence-corrected chi connectivity index (χ4v) is 6.38. The van der Waals surface area contributed by atoms with E-state index >= 15 is 0 Å². The lowest BCUT2D eigenvalue weighted by atomic mass is 9.95. The number of carbonyl (C=O) groups is 1. The van der Waals surface area contributed by atoms with Crippen LogP contribution in [0, 0.1) is 0 Å². The number of piperidine rings is 1. The normalized spacial score (nSPS) is 18.0. The lowest BCUT2D eigenvalue weighted by Crippen LogP contribution is -2.37. The monoisotopic (exact) mass is 418 g/mol. The van der Waals surface area contributed by atoms with E-state index in [9.17, 15) is 13.2 Å². The Morgan fingerprint density at radius 1 is 1.07 bits per heavy atom. The highest BCUT2D eigenvalue weighted by molar-refractivity contribution is 7.89. The topological polar surface area (TPSA) is 68.6 Å². The third-order valence-electron chi connectivity index (χ3n) is 6.29. The van der Waals surface area contributed by atoms with E-state index in [1.54, 1.807) is 10.4 Å². The molecule has 158 valence electrons. The highest BCUT2D eigenvalue weighted by Crippen LogP contribution is 2.33. The molecule has 0 unspecified atom stereocenters. The molecule has 1 fully saturated rings. The number of esters is 1. The molecule has 1 saturated heterocycles. The van der Waals surface area contributed by atoms with Gasteiger partial charge in [-0.25, -0.2) is 17.5 Å². The number of fused-ring (bicyclic) bond motifs is 3. The summed E-state index contributed by atoms with van der Waals surface area (Å²) in [5.41, 5.74) is 4.29. The molecule has 1 aliphatic heterocycles. The highest BCUT2D eigenvalue weighted by Gasteiger charge is 2.25. The third-order valence-corrected chi connectivity index (χ3v) is 8.25. The molecule has 2 aromatic rings. The second-order valence-corrected chi connectivity index (χ2v) is 10.2. The Morgan fingerprint density at radius 2 is 1.83 bits per heavy atom. The Kier molecular flexibility index (Phi) is 5.97. The van der Waals surface area contributed by atoms with Gasteiger partial charge in [0.25, 0.3) is 0 Å². The first-order valence-electron chi connectivity index (χ1n) is 10.7. The van der Waals surface area contributed by atoms with Gasteiger partial charge < -0.3 is 9.30 Å². The minimum absolute atomic E-state index is 0.196. The van der Waals surface area contributed by atoms with Gasteiger partial charge in [-0.2, -0.15) is 0 Å². The summed E-state index contributed by atoms with van der Waals surface area (Å²) in [6.45, 7) is 2.03. The predicted octanol–water partition coefficient (Wildman–Crippen LogP) is 3.51. The number of ether oxygens (including phenoxy) is 1. The zero-order valence-corrected chi connectivity index (χ0v) is 18.0. The number of methoxy groups -OCH3 is 1. The van der Waals surface area contributed by atoms with Crippen molar-refractivity contribution in [1.29, 1.82) is 0 Å². The average molecular weight is 419 g/mol. The predicted molar refractivity (Wildman–Crippen MR) is 114 cm³/mol. The summed E-state index contributed by atoms with van der Waals surface area (Å²) in [7, 11) is -1.77. The van der Waals surface area contributed by atoms with Gasteiger partial charge in [-0.3, -0.25) is 0 Å². The largest absolute Gasteiger partial charge is 0.465 e. The van der Waals surface area contributed by atoms with Crippen molar-refractivity contribution in [1.82, 2.24) is 8.87 Å². The number of benzene rings is 1. The van der Waals surface area contributed by atoms with Crippen LogP contribution in [0.15, 0.2) is 18.2 Å². The van der Waals surface area contributed by atoms with Gasteiger partial charge in [-0.1, -0.05) is 6.42 Å². The van der Waals surface area contributed by atoms with Crippen LogP contribution >= 0.6 is 0 Å². The number of nitrogens with zero attached hydrogens (tertiary/aromatic N) is 2. The maximum Gasteiger partial charge on any atom is 0.337 e. The lowest BCUT2D eigenvalue weighted by molar-refractivity contribution is 0.0601. The van der Waals surface area contributed by atoms with Crippen LogP contribution in [0.3, 0.4) is 0 Å². The van der Waals surface area contributed by atoms with Gasteiger partial charge in [0.1, 0.15) is 0 Å². The molecule has 0 spiro atoms. The van der Waals surface area contributed by atoms with E-state index in [4.69, 9.17) is 4.74 Å². The summed E-state index contributed by atoms with van der Waals surface area (Å²) in [5, 5.41) is 1.11. The molecular formula is C22H30N2O4S. The van der Waals surface area contributed by atoms with Crippen LogP contribution < -0.4 is 0 Å². The summed E-state index contributed by atoms with van der Waals surface area (Å²) in [4.78, 5) is 12.0. The van der Waals surface area contributed by atoms with Crippen LogP contribution in [0.1, 0.15) is 60.1 Å². The molecule has 4 rings (SSSR count). The summed E-state index contributed by atoms with van der Waals surface area (Å²) < 4.78 is 34.2. The Labute approximate surface area is 172 Å². The van der Waals surface area contributed by atoms with Gasteiger partial charge in [0.2, 0.25) is 10.0 Å². The zero-order chi connectivity index (χ0) is 20.4. The van der Waals surface area contributed by atoms with Gasteiger partial charge in [0.05, 0.1) is 18.4 Å². The summed E-state index contributed by atoms with van der Waals surface area (Å²) in [6.07, 6.45) is 7.99.